The highest BCUT2D eigenvalue weighted by atomic mass is 35.5. The quantitative estimate of drug-likeness (QED) is 0.685. The number of hydrogen-bond donors (Lipinski definition) is 0. The fraction of sp³-hybridized carbons (Fsp3) is 0.778. The van der Waals surface area contributed by atoms with E-state index in [1.807, 2.05) is 6.33 Å². The van der Waals surface area contributed by atoms with Crippen LogP contribution < -0.4 is 0 Å². The van der Waals surface area contributed by atoms with Crippen molar-refractivity contribution < 1.29 is 0 Å². The van der Waals surface area contributed by atoms with Gasteiger partial charge in [0.1, 0.15) is 12.2 Å². The van der Waals surface area contributed by atoms with Crippen LogP contribution in [0.15, 0.2) is 6.33 Å². The standard InChI is InChI=1S/C9H14ClN3/c1-9(4-2-3-5-9)13-7-11-12-8(13)6-10/h7H,2-6H2,1H3. The maximum absolute atomic E-state index is 5.79. The van der Waals surface area contributed by atoms with Gasteiger partial charge in [-0.05, 0) is 19.8 Å². The molecule has 72 valence electrons. The van der Waals surface area contributed by atoms with E-state index in [4.69, 9.17) is 11.6 Å². The van der Waals surface area contributed by atoms with Crippen LogP contribution in [-0.2, 0) is 11.4 Å². The lowest BCUT2D eigenvalue weighted by atomic mass is 10.0. The van der Waals surface area contributed by atoms with E-state index in [0.29, 0.717) is 5.88 Å². The molecular weight excluding hydrogens is 186 g/mol. The smallest absolute Gasteiger partial charge is 0.148 e. The van der Waals surface area contributed by atoms with Crippen LogP contribution in [0.3, 0.4) is 0 Å². The molecule has 0 unspecified atom stereocenters. The van der Waals surface area contributed by atoms with Crippen LogP contribution in [0.1, 0.15) is 38.4 Å². The van der Waals surface area contributed by atoms with E-state index in [1.165, 1.54) is 25.7 Å². The van der Waals surface area contributed by atoms with E-state index in [9.17, 15) is 0 Å². The van der Waals surface area contributed by atoms with Gasteiger partial charge in [0.15, 0.2) is 0 Å². The molecule has 3 nitrogen and oxygen atoms in total. The van der Waals surface area contributed by atoms with Gasteiger partial charge in [-0.2, -0.15) is 0 Å². The van der Waals surface area contributed by atoms with Crippen molar-refractivity contribution in [2.75, 3.05) is 0 Å². The second kappa shape index (κ2) is 3.29. The van der Waals surface area contributed by atoms with Crippen LogP contribution in [0.2, 0.25) is 0 Å². The maximum atomic E-state index is 5.79. The lowest BCUT2D eigenvalue weighted by Gasteiger charge is -2.26. The third-order valence-electron chi connectivity index (χ3n) is 3.00. The number of nitrogens with zero attached hydrogens (tertiary/aromatic N) is 3. The highest BCUT2D eigenvalue weighted by Crippen LogP contribution is 2.36. The second-order valence-corrected chi connectivity index (χ2v) is 4.22. The molecule has 1 fully saturated rings. The first-order chi connectivity index (χ1) is 6.26. The molecule has 0 bridgehead atoms. The van der Waals surface area contributed by atoms with Crippen LogP contribution in [0, 0.1) is 0 Å². The summed E-state index contributed by atoms with van der Waals surface area (Å²) in [7, 11) is 0. The molecule has 0 aromatic carbocycles. The van der Waals surface area contributed by atoms with E-state index in [0.717, 1.165) is 5.82 Å². The fourth-order valence-electron chi connectivity index (χ4n) is 2.18. The molecule has 1 aromatic heterocycles. The van der Waals surface area contributed by atoms with Crippen molar-refractivity contribution in [1.29, 1.82) is 0 Å². The van der Waals surface area contributed by atoms with Gasteiger partial charge in [-0.15, -0.1) is 21.8 Å². The van der Waals surface area contributed by atoms with Crippen molar-refractivity contribution in [3.8, 4) is 0 Å². The number of hydrogen-bond acceptors (Lipinski definition) is 2. The Kier molecular flexibility index (Phi) is 2.28. The molecule has 0 N–H and O–H groups in total. The van der Waals surface area contributed by atoms with Crippen molar-refractivity contribution in [1.82, 2.24) is 14.8 Å². The predicted octanol–water partition coefficient (Wildman–Crippen LogP) is 2.31. The van der Waals surface area contributed by atoms with Crippen molar-refractivity contribution in [3.05, 3.63) is 12.2 Å². The second-order valence-electron chi connectivity index (χ2n) is 3.95. The Hall–Kier alpha value is -0.570. The summed E-state index contributed by atoms with van der Waals surface area (Å²) in [6.07, 6.45) is 6.85. The van der Waals surface area contributed by atoms with E-state index in [2.05, 4.69) is 21.7 Å². The molecule has 1 aliphatic carbocycles. The first-order valence-electron chi connectivity index (χ1n) is 4.72. The molecule has 4 heteroatoms. The largest absolute Gasteiger partial charge is 0.311 e. The highest BCUT2D eigenvalue weighted by Gasteiger charge is 2.31. The molecule has 0 atom stereocenters. The minimum absolute atomic E-state index is 0.216. The highest BCUT2D eigenvalue weighted by molar-refractivity contribution is 6.16. The summed E-state index contributed by atoms with van der Waals surface area (Å²) in [6, 6.07) is 0. The SMILES string of the molecule is CC1(n2cnnc2CCl)CCCC1. The summed E-state index contributed by atoms with van der Waals surface area (Å²) in [4.78, 5) is 0. The van der Waals surface area contributed by atoms with E-state index in [-0.39, 0.29) is 5.54 Å². The zero-order valence-corrected chi connectivity index (χ0v) is 8.59. The minimum atomic E-state index is 0.216. The minimum Gasteiger partial charge on any atom is -0.311 e. The van der Waals surface area contributed by atoms with Gasteiger partial charge in [-0.3, -0.25) is 0 Å². The van der Waals surface area contributed by atoms with Gasteiger partial charge in [0.25, 0.3) is 0 Å². The summed E-state index contributed by atoms with van der Waals surface area (Å²) >= 11 is 5.79. The Bertz CT molecular complexity index is 289. The first-order valence-corrected chi connectivity index (χ1v) is 5.25. The monoisotopic (exact) mass is 199 g/mol. The van der Waals surface area contributed by atoms with Crippen LogP contribution in [0.25, 0.3) is 0 Å². The molecule has 0 saturated heterocycles. The number of aromatic nitrogens is 3. The zero-order valence-electron chi connectivity index (χ0n) is 7.83. The Labute approximate surface area is 83.1 Å². The van der Waals surface area contributed by atoms with Crippen molar-refractivity contribution in [2.24, 2.45) is 0 Å². The lowest BCUT2D eigenvalue weighted by Crippen LogP contribution is -2.27. The Morgan fingerprint density at radius 2 is 2.23 bits per heavy atom. The third-order valence-corrected chi connectivity index (χ3v) is 3.24. The third kappa shape index (κ3) is 1.46. The van der Waals surface area contributed by atoms with Crippen molar-refractivity contribution in [2.45, 2.75) is 44.0 Å². The van der Waals surface area contributed by atoms with Gasteiger partial charge in [0.05, 0.1) is 5.88 Å². The molecule has 0 spiro atoms. The summed E-state index contributed by atoms with van der Waals surface area (Å²) in [5.74, 6) is 1.35. The van der Waals surface area contributed by atoms with Gasteiger partial charge in [-0.1, -0.05) is 12.8 Å². The van der Waals surface area contributed by atoms with E-state index in [1.54, 1.807) is 0 Å². The molecule has 0 radical (unpaired) electrons. The molecule has 1 aliphatic rings. The summed E-state index contributed by atoms with van der Waals surface area (Å²) in [5, 5.41) is 7.92. The molecule has 0 aliphatic heterocycles. The van der Waals surface area contributed by atoms with Gasteiger partial charge in [0, 0.05) is 5.54 Å². The average Bonchev–Trinajstić information content (AvgIpc) is 2.72. The molecule has 1 saturated carbocycles. The van der Waals surface area contributed by atoms with Crippen molar-refractivity contribution >= 4 is 11.6 Å². The van der Waals surface area contributed by atoms with Crippen LogP contribution in [0.5, 0.6) is 0 Å². The number of rotatable bonds is 2. The van der Waals surface area contributed by atoms with Crippen LogP contribution >= 0.6 is 11.6 Å². The van der Waals surface area contributed by atoms with E-state index >= 15 is 0 Å². The normalized spacial score (nSPS) is 20.8. The Balaban J connectivity index is 2.32. The lowest BCUT2D eigenvalue weighted by molar-refractivity contribution is 0.320. The molecule has 13 heavy (non-hydrogen) atoms. The van der Waals surface area contributed by atoms with Gasteiger partial charge >= 0.3 is 0 Å². The first kappa shape index (κ1) is 9.00. The number of alkyl halides is 1. The molecular formula is C9H14ClN3. The zero-order chi connectivity index (χ0) is 9.31. The molecule has 1 heterocycles. The predicted molar refractivity (Wildman–Crippen MR) is 51.7 cm³/mol. The molecule has 1 aromatic rings. The number of halogens is 1. The Morgan fingerprint density at radius 1 is 1.54 bits per heavy atom. The average molecular weight is 200 g/mol. The van der Waals surface area contributed by atoms with Gasteiger partial charge < -0.3 is 4.57 Å². The van der Waals surface area contributed by atoms with Crippen LogP contribution in [0.4, 0.5) is 0 Å². The van der Waals surface area contributed by atoms with E-state index < -0.39 is 0 Å². The maximum Gasteiger partial charge on any atom is 0.148 e. The Morgan fingerprint density at radius 3 is 2.85 bits per heavy atom. The van der Waals surface area contributed by atoms with Gasteiger partial charge in [0.2, 0.25) is 0 Å². The summed E-state index contributed by atoms with van der Waals surface area (Å²) in [6.45, 7) is 2.26. The molecule has 2 rings (SSSR count). The van der Waals surface area contributed by atoms with Gasteiger partial charge in [-0.25, -0.2) is 0 Å². The summed E-state index contributed by atoms with van der Waals surface area (Å²) < 4.78 is 2.15. The van der Waals surface area contributed by atoms with Crippen molar-refractivity contribution in [3.63, 3.8) is 0 Å². The fourth-order valence-corrected chi connectivity index (χ4v) is 2.36. The summed E-state index contributed by atoms with van der Waals surface area (Å²) in [5.41, 5.74) is 0.216. The van der Waals surface area contributed by atoms with Crippen LogP contribution in [-0.4, -0.2) is 14.8 Å². The topological polar surface area (TPSA) is 30.7 Å². The molecule has 0 amide bonds.